The smallest absolute Gasteiger partial charge is 0.182 e. The van der Waals surface area contributed by atoms with Gasteiger partial charge in [-0.25, -0.2) is 4.99 Å². The zero-order valence-corrected chi connectivity index (χ0v) is 9.31. The monoisotopic (exact) mass is 231 g/mol. The first-order chi connectivity index (χ1) is 8.81. The van der Waals surface area contributed by atoms with Crippen molar-refractivity contribution in [2.75, 3.05) is 0 Å². The Hall–Kier alpha value is -2.44. The van der Waals surface area contributed by atoms with Crippen molar-refractivity contribution in [2.45, 2.75) is 6.23 Å². The van der Waals surface area contributed by atoms with Crippen molar-refractivity contribution in [1.82, 2.24) is 0 Å². The van der Waals surface area contributed by atoms with E-state index in [0.29, 0.717) is 5.57 Å². The molecule has 83 valence electrons. The summed E-state index contributed by atoms with van der Waals surface area (Å²) in [5.41, 5.74) is 3.66. The maximum Gasteiger partial charge on any atom is 0.182 e. The molecule has 3 nitrogen and oxygen atoms in total. The van der Waals surface area contributed by atoms with Crippen molar-refractivity contribution >= 4 is 22.1 Å². The summed E-state index contributed by atoms with van der Waals surface area (Å²) < 4.78 is 0. The van der Waals surface area contributed by atoms with Gasteiger partial charge in [-0.15, -0.1) is 0 Å². The Labute approximate surface area is 103 Å². The highest BCUT2D eigenvalue weighted by atomic mass is 16.3. The molecular weight excluding hydrogens is 224 g/mol. The predicted octanol–water partition coefficient (Wildman–Crippen LogP) is 2.05. The highest BCUT2D eigenvalue weighted by Crippen LogP contribution is 2.43. The largest absolute Gasteiger partial charge is 0.367 e. The first-order valence-electron chi connectivity index (χ1n) is 5.66. The molecule has 0 fully saturated rings. The molecule has 2 aromatic rings. The molecule has 1 N–H and O–H groups in total. The van der Waals surface area contributed by atoms with Gasteiger partial charge in [0.05, 0.1) is 11.3 Å². The van der Waals surface area contributed by atoms with Gasteiger partial charge in [-0.1, -0.05) is 30.3 Å². The SMILES string of the molecule is N#CC1=C2C(=NC1O)c1cccc3cc[c]c2c13. The van der Waals surface area contributed by atoms with Crippen LogP contribution in [-0.2, 0) is 0 Å². The Morgan fingerprint density at radius 1 is 1.33 bits per heavy atom. The predicted molar refractivity (Wildman–Crippen MR) is 67.9 cm³/mol. The van der Waals surface area contributed by atoms with Crippen LogP contribution < -0.4 is 0 Å². The van der Waals surface area contributed by atoms with E-state index in [-0.39, 0.29) is 0 Å². The number of rotatable bonds is 0. The number of hydrogen-bond acceptors (Lipinski definition) is 3. The van der Waals surface area contributed by atoms with E-state index in [0.717, 1.165) is 33.2 Å². The van der Waals surface area contributed by atoms with E-state index >= 15 is 0 Å². The lowest BCUT2D eigenvalue weighted by molar-refractivity contribution is 0.230. The van der Waals surface area contributed by atoms with Gasteiger partial charge in [0, 0.05) is 16.7 Å². The summed E-state index contributed by atoms with van der Waals surface area (Å²) >= 11 is 0. The van der Waals surface area contributed by atoms with Crippen LogP contribution in [0.2, 0.25) is 0 Å². The molecule has 2 aliphatic rings. The van der Waals surface area contributed by atoms with Crippen LogP contribution in [-0.4, -0.2) is 17.0 Å². The zero-order chi connectivity index (χ0) is 12.3. The molecule has 1 radical (unpaired) electrons. The fourth-order valence-electron chi connectivity index (χ4n) is 2.75. The molecule has 2 aromatic carbocycles. The van der Waals surface area contributed by atoms with Gasteiger partial charge in [-0.05, 0) is 16.8 Å². The van der Waals surface area contributed by atoms with Crippen LogP contribution in [0.3, 0.4) is 0 Å². The minimum atomic E-state index is -1.03. The van der Waals surface area contributed by atoms with Crippen molar-refractivity contribution < 1.29 is 5.11 Å². The molecule has 0 saturated carbocycles. The maximum atomic E-state index is 9.79. The summed E-state index contributed by atoms with van der Waals surface area (Å²) in [5.74, 6) is 0. The van der Waals surface area contributed by atoms with Gasteiger partial charge in [0.25, 0.3) is 0 Å². The molecular formula is C15H7N2O. The number of aliphatic hydroxyl groups is 1. The summed E-state index contributed by atoms with van der Waals surface area (Å²) in [6, 6.07) is 15.0. The summed E-state index contributed by atoms with van der Waals surface area (Å²) in [6.07, 6.45) is -1.03. The number of nitrogens with zero attached hydrogens (tertiary/aromatic N) is 2. The molecule has 18 heavy (non-hydrogen) atoms. The van der Waals surface area contributed by atoms with Crippen LogP contribution in [0.5, 0.6) is 0 Å². The number of aliphatic imine (C=N–C) groups is 1. The van der Waals surface area contributed by atoms with Gasteiger partial charge >= 0.3 is 0 Å². The molecule has 0 amide bonds. The third kappa shape index (κ3) is 0.946. The van der Waals surface area contributed by atoms with Crippen molar-refractivity contribution in [1.29, 1.82) is 5.26 Å². The van der Waals surface area contributed by atoms with Gasteiger partial charge < -0.3 is 5.11 Å². The second-order valence-corrected chi connectivity index (χ2v) is 4.37. The van der Waals surface area contributed by atoms with Crippen LogP contribution >= 0.6 is 0 Å². The Kier molecular flexibility index (Phi) is 1.63. The van der Waals surface area contributed by atoms with Gasteiger partial charge in [-0.2, -0.15) is 5.26 Å². The van der Waals surface area contributed by atoms with Crippen LogP contribution in [0.15, 0.2) is 40.9 Å². The topological polar surface area (TPSA) is 56.4 Å². The van der Waals surface area contributed by atoms with Crippen molar-refractivity contribution in [3.63, 3.8) is 0 Å². The van der Waals surface area contributed by atoms with E-state index in [4.69, 9.17) is 5.26 Å². The summed E-state index contributed by atoms with van der Waals surface area (Å²) in [6.45, 7) is 0. The average molecular weight is 231 g/mol. The summed E-state index contributed by atoms with van der Waals surface area (Å²) in [5, 5.41) is 21.1. The molecule has 0 saturated heterocycles. The Morgan fingerprint density at radius 3 is 3.06 bits per heavy atom. The molecule has 0 bridgehead atoms. The van der Waals surface area contributed by atoms with E-state index in [1.54, 1.807) is 0 Å². The maximum absolute atomic E-state index is 9.79. The van der Waals surface area contributed by atoms with E-state index in [1.165, 1.54) is 0 Å². The summed E-state index contributed by atoms with van der Waals surface area (Å²) in [7, 11) is 0. The Balaban J connectivity index is 2.22. The Morgan fingerprint density at radius 2 is 2.22 bits per heavy atom. The van der Waals surface area contributed by atoms with Crippen LogP contribution in [0.1, 0.15) is 11.1 Å². The fraction of sp³-hybridized carbons (Fsp3) is 0.0667. The van der Waals surface area contributed by atoms with Crippen LogP contribution in [0.25, 0.3) is 16.3 Å². The first-order valence-corrected chi connectivity index (χ1v) is 5.66. The van der Waals surface area contributed by atoms with Crippen molar-refractivity contribution in [3.8, 4) is 6.07 Å². The number of benzene rings is 2. The zero-order valence-electron chi connectivity index (χ0n) is 9.31. The minimum Gasteiger partial charge on any atom is -0.367 e. The van der Waals surface area contributed by atoms with Gasteiger partial charge in [0.15, 0.2) is 6.23 Å². The molecule has 1 unspecified atom stereocenters. The first kappa shape index (κ1) is 9.58. The Bertz CT molecular complexity index is 804. The normalized spacial score (nSPS) is 20.0. The van der Waals surface area contributed by atoms with E-state index < -0.39 is 6.23 Å². The third-order valence-electron chi connectivity index (χ3n) is 3.48. The van der Waals surface area contributed by atoms with Crippen LogP contribution in [0.4, 0.5) is 0 Å². The average Bonchev–Trinajstić information content (AvgIpc) is 2.87. The molecule has 3 heteroatoms. The van der Waals surface area contributed by atoms with Gasteiger partial charge in [0.1, 0.15) is 6.07 Å². The van der Waals surface area contributed by atoms with Gasteiger partial charge in [0.2, 0.25) is 0 Å². The molecule has 1 heterocycles. The fourth-order valence-corrected chi connectivity index (χ4v) is 2.75. The highest BCUT2D eigenvalue weighted by Gasteiger charge is 2.35. The number of allylic oxidation sites excluding steroid dienone is 1. The molecule has 0 spiro atoms. The standard InChI is InChI=1S/C15H7N2O/c16-7-11-13-9-5-1-3-8-4-2-6-10(12(8)9)14(13)17-15(11)18/h1-4,6,15,18H. The second kappa shape index (κ2) is 3.06. The molecule has 1 aliphatic heterocycles. The number of hydrogen-bond donors (Lipinski definition) is 1. The number of nitriles is 1. The third-order valence-corrected chi connectivity index (χ3v) is 3.48. The lowest BCUT2D eigenvalue weighted by Crippen LogP contribution is -2.01. The molecule has 4 rings (SSSR count). The molecule has 0 aromatic heterocycles. The lowest BCUT2D eigenvalue weighted by atomic mass is 10.0. The lowest BCUT2D eigenvalue weighted by Gasteiger charge is -2.02. The van der Waals surface area contributed by atoms with Crippen molar-refractivity contribution in [2.24, 2.45) is 4.99 Å². The number of fused-ring (bicyclic) bond motifs is 3. The minimum absolute atomic E-state index is 0.324. The summed E-state index contributed by atoms with van der Waals surface area (Å²) in [4.78, 5) is 4.20. The van der Waals surface area contributed by atoms with E-state index in [1.807, 2.05) is 30.3 Å². The van der Waals surface area contributed by atoms with Gasteiger partial charge in [-0.3, -0.25) is 0 Å². The quantitative estimate of drug-likeness (QED) is 0.754. The molecule has 1 atom stereocenters. The number of aliphatic hydroxyl groups excluding tert-OH is 1. The molecule has 1 aliphatic carbocycles. The van der Waals surface area contributed by atoms with E-state index in [9.17, 15) is 5.11 Å². The second-order valence-electron chi connectivity index (χ2n) is 4.37. The highest BCUT2D eigenvalue weighted by molar-refractivity contribution is 6.44. The van der Waals surface area contributed by atoms with E-state index in [2.05, 4.69) is 17.1 Å². The van der Waals surface area contributed by atoms with Crippen molar-refractivity contribution in [3.05, 3.63) is 53.1 Å². The van der Waals surface area contributed by atoms with Crippen LogP contribution in [0, 0.1) is 17.4 Å².